The van der Waals surface area contributed by atoms with Crippen molar-refractivity contribution in [2.24, 2.45) is 0 Å². The van der Waals surface area contributed by atoms with Gasteiger partial charge in [0.05, 0.1) is 5.39 Å². The third kappa shape index (κ3) is 2.12. The van der Waals surface area contributed by atoms with Gasteiger partial charge in [0, 0.05) is 0 Å². The van der Waals surface area contributed by atoms with E-state index in [2.05, 4.69) is 9.88 Å². The number of para-hydroxylation sites is 1. The Balaban J connectivity index is 2.04. The molecule has 3 aromatic rings. The van der Waals surface area contributed by atoms with Gasteiger partial charge in [-0.1, -0.05) is 29.4 Å². The highest BCUT2D eigenvalue weighted by Gasteiger charge is 2.21. The Kier molecular flexibility index (Phi) is 2.90. The van der Waals surface area contributed by atoms with Gasteiger partial charge in [0.2, 0.25) is 0 Å². The molecule has 1 heterocycles. The second-order valence-electron chi connectivity index (χ2n) is 4.06. The Morgan fingerprint density at radius 1 is 1.05 bits per heavy atom. The van der Waals surface area contributed by atoms with Crippen LogP contribution in [0.3, 0.4) is 0 Å². The summed E-state index contributed by atoms with van der Waals surface area (Å²) in [6, 6.07) is 11.9. The van der Waals surface area contributed by atoms with Gasteiger partial charge in [0.25, 0.3) is 10.0 Å². The number of hydrogen-bond acceptors (Lipinski definition) is 4. The van der Waals surface area contributed by atoms with Crippen molar-refractivity contribution in [1.82, 2.24) is 5.16 Å². The van der Waals surface area contributed by atoms with E-state index in [0.29, 0.717) is 11.0 Å². The Labute approximate surface area is 114 Å². The van der Waals surface area contributed by atoms with Crippen LogP contribution in [0.1, 0.15) is 0 Å². The summed E-state index contributed by atoms with van der Waals surface area (Å²) in [5, 5.41) is 4.15. The number of nitrogens with one attached hydrogen (secondary N) is 1. The van der Waals surface area contributed by atoms with E-state index in [9.17, 15) is 12.8 Å². The summed E-state index contributed by atoms with van der Waals surface area (Å²) in [4.78, 5) is -0.438. The highest BCUT2D eigenvalue weighted by molar-refractivity contribution is 7.92. The molecule has 7 heteroatoms. The molecule has 0 aliphatic heterocycles. The van der Waals surface area contributed by atoms with Crippen LogP contribution >= 0.6 is 0 Å². The van der Waals surface area contributed by atoms with Crippen molar-refractivity contribution in [3.8, 4) is 0 Å². The predicted molar refractivity (Wildman–Crippen MR) is 71.2 cm³/mol. The monoisotopic (exact) mass is 292 g/mol. The molecule has 0 unspecified atom stereocenters. The second-order valence-corrected chi connectivity index (χ2v) is 5.71. The number of halogens is 1. The summed E-state index contributed by atoms with van der Waals surface area (Å²) < 4.78 is 45.0. The van der Waals surface area contributed by atoms with E-state index in [1.807, 2.05) is 0 Å². The largest absolute Gasteiger partial charge is 0.354 e. The van der Waals surface area contributed by atoms with Crippen molar-refractivity contribution in [3.63, 3.8) is 0 Å². The lowest BCUT2D eigenvalue weighted by Crippen LogP contribution is -2.14. The maximum absolute atomic E-state index is 13.6. The van der Waals surface area contributed by atoms with Crippen molar-refractivity contribution in [2.45, 2.75) is 4.90 Å². The summed E-state index contributed by atoms with van der Waals surface area (Å²) in [6.45, 7) is 0. The van der Waals surface area contributed by atoms with Gasteiger partial charge in [0.1, 0.15) is 10.7 Å². The Morgan fingerprint density at radius 2 is 1.75 bits per heavy atom. The number of nitrogens with zero attached hydrogens (tertiary/aromatic N) is 1. The fourth-order valence-corrected chi connectivity index (χ4v) is 2.90. The molecule has 20 heavy (non-hydrogen) atoms. The lowest BCUT2D eigenvalue weighted by atomic mass is 10.2. The summed E-state index contributed by atoms with van der Waals surface area (Å²) in [6.07, 6.45) is 0. The van der Waals surface area contributed by atoms with Gasteiger partial charge in [-0.3, -0.25) is 4.72 Å². The van der Waals surface area contributed by atoms with Crippen LogP contribution in [-0.4, -0.2) is 13.6 Å². The molecule has 0 spiro atoms. The first-order valence-corrected chi connectivity index (χ1v) is 7.18. The van der Waals surface area contributed by atoms with Crippen molar-refractivity contribution in [1.29, 1.82) is 0 Å². The van der Waals surface area contributed by atoms with Crippen LogP contribution in [0.4, 0.5) is 10.2 Å². The number of aromatic nitrogens is 1. The molecule has 0 radical (unpaired) electrons. The Morgan fingerprint density at radius 3 is 2.55 bits per heavy atom. The molecule has 1 N–H and O–H groups in total. The molecule has 3 rings (SSSR count). The van der Waals surface area contributed by atoms with Gasteiger partial charge in [-0.25, -0.2) is 12.8 Å². The van der Waals surface area contributed by atoms with E-state index in [4.69, 9.17) is 4.52 Å². The van der Waals surface area contributed by atoms with Crippen LogP contribution in [-0.2, 0) is 10.0 Å². The number of sulfonamides is 1. The molecule has 0 aliphatic rings. The fraction of sp³-hybridized carbons (Fsp3) is 0. The van der Waals surface area contributed by atoms with Crippen molar-refractivity contribution >= 4 is 26.8 Å². The molecule has 0 fully saturated rings. The van der Waals surface area contributed by atoms with Crippen molar-refractivity contribution < 1.29 is 17.3 Å². The van der Waals surface area contributed by atoms with Crippen LogP contribution < -0.4 is 4.72 Å². The molecule has 0 amide bonds. The lowest BCUT2D eigenvalue weighted by molar-refractivity contribution is 0.460. The van der Waals surface area contributed by atoms with E-state index in [1.54, 1.807) is 24.3 Å². The van der Waals surface area contributed by atoms with E-state index in [-0.39, 0.29) is 5.82 Å². The minimum atomic E-state index is -4.05. The maximum atomic E-state index is 13.6. The molecule has 102 valence electrons. The number of benzene rings is 2. The molecule has 0 atom stereocenters. The Bertz CT molecular complexity index is 874. The van der Waals surface area contributed by atoms with Gasteiger partial charge < -0.3 is 4.52 Å². The first kappa shape index (κ1) is 12.6. The van der Waals surface area contributed by atoms with Gasteiger partial charge >= 0.3 is 0 Å². The molecular weight excluding hydrogens is 283 g/mol. The number of fused-ring (bicyclic) bond motifs is 1. The summed E-state index contributed by atoms with van der Waals surface area (Å²) in [7, 11) is -4.05. The van der Waals surface area contributed by atoms with E-state index in [0.717, 1.165) is 6.07 Å². The van der Waals surface area contributed by atoms with Crippen molar-refractivity contribution in [2.75, 3.05) is 4.72 Å². The number of anilines is 1. The molecule has 1 aromatic heterocycles. The van der Waals surface area contributed by atoms with E-state index >= 15 is 0 Å². The topological polar surface area (TPSA) is 72.2 Å². The molecule has 2 aromatic carbocycles. The van der Waals surface area contributed by atoms with Crippen LogP contribution in [0.15, 0.2) is 57.9 Å². The Hall–Kier alpha value is -2.41. The van der Waals surface area contributed by atoms with Crippen LogP contribution in [0.25, 0.3) is 11.0 Å². The van der Waals surface area contributed by atoms with Crippen LogP contribution in [0, 0.1) is 5.82 Å². The maximum Gasteiger partial charge on any atom is 0.266 e. The summed E-state index contributed by atoms with van der Waals surface area (Å²) in [5.74, 6) is -0.795. The van der Waals surface area contributed by atoms with E-state index < -0.39 is 20.7 Å². The summed E-state index contributed by atoms with van der Waals surface area (Å²) in [5.41, 5.74) is 0.443. The zero-order valence-corrected chi connectivity index (χ0v) is 10.9. The average Bonchev–Trinajstić information content (AvgIpc) is 2.82. The predicted octanol–water partition coefficient (Wildman–Crippen LogP) is 2.77. The van der Waals surface area contributed by atoms with Crippen molar-refractivity contribution in [3.05, 3.63) is 54.3 Å². The highest BCUT2D eigenvalue weighted by atomic mass is 32.2. The minimum Gasteiger partial charge on any atom is -0.354 e. The van der Waals surface area contributed by atoms with E-state index in [1.165, 1.54) is 18.2 Å². The lowest BCUT2D eigenvalue weighted by Gasteiger charge is -2.05. The molecule has 0 bridgehead atoms. The zero-order valence-electron chi connectivity index (χ0n) is 10.1. The third-order valence-electron chi connectivity index (χ3n) is 2.73. The SMILES string of the molecule is O=S(=O)(Nc1noc2ccccc12)c1ccccc1F. The van der Waals surface area contributed by atoms with Crippen LogP contribution in [0.5, 0.6) is 0 Å². The first-order valence-electron chi connectivity index (χ1n) is 5.70. The standard InChI is InChI=1S/C13H9FN2O3S/c14-10-6-2-4-8-12(10)20(17,18)16-13-9-5-1-3-7-11(9)19-15-13/h1-8H,(H,15,16). The number of rotatable bonds is 3. The van der Waals surface area contributed by atoms with Crippen LogP contribution in [0.2, 0.25) is 0 Å². The fourth-order valence-electron chi connectivity index (χ4n) is 1.80. The first-order chi connectivity index (χ1) is 9.58. The average molecular weight is 292 g/mol. The molecular formula is C13H9FN2O3S. The second kappa shape index (κ2) is 4.61. The smallest absolute Gasteiger partial charge is 0.266 e. The number of hydrogen-bond donors (Lipinski definition) is 1. The third-order valence-corrected chi connectivity index (χ3v) is 4.11. The zero-order chi connectivity index (χ0) is 14.2. The van der Waals surface area contributed by atoms with Gasteiger partial charge in [-0.15, -0.1) is 0 Å². The van der Waals surface area contributed by atoms with Gasteiger partial charge in [0.15, 0.2) is 11.4 Å². The highest BCUT2D eigenvalue weighted by Crippen LogP contribution is 2.25. The molecule has 0 saturated heterocycles. The minimum absolute atomic E-state index is 0.0313. The van der Waals surface area contributed by atoms with Gasteiger partial charge in [-0.05, 0) is 24.3 Å². The van der Waals surface area contributed by atoms with Gasteiger partial charge in [-0.2, -0.15) is 0 Å². The molecule has 0 aliphatic carbocycles. The molecule has 0 saturated carbocycles. The summed E-state index contributed by atoms with van der Waals surface area (Å²) >= 11 is 0. The molecule has 5 nitrogen and oxygen atoms in total. The quantitative estimate of drug-likeness (QED) is 0.805. The normalized spacial score (nSPS) is 11.7.